The van der Waals surface area contributed by atoms with E-state index >= 15 is 4.39 Å². The van der Waals surface area contributed by atoms with Crippen LogP contribution >= 0.6 is 0 Å². The molecule has 0 unspecified atom stereocenters. The Bertz CT molecular complexity index is 2060. The number of carboxylic acid groups (broad SMARTS) is 1. The molecule has 2 aromatic carbocycles. The lowest BCUT2D eigenvalue weighted by molar-refractivity contribution is -0.116. The minimum Gasteiger partial charge on any atom is -0.477 e. The smallest absolute Gasteiger partial charge is 0.353 e. The van der Waals surface area contributed by atoms with Crippen LogP contribution < -0.4 is 10.9 Å². The highest BCUT2D eigenvalue weighted by atomic mass is 19.1. The lowest BCUT2D eigenvalue weighted by Gasteiger charge is -2.15. The number of anilines is 1. The Morgan fingerprint density at radius 2 is 1.93 bits per heavy atom. The van der Waals surface area contributed by atoms with E-state index in [1.165, 1.54) is 35.2 Å². The van der Waals surface area contributed by atoms with Crippen molar-refractivity contribution in [2.24, 2.45) is 0 Å². The van der Waals surface area contributed by atoms with Gasteiger partial charge in [0.2, 0.25) is 5.91 Å². The maximum atomic E-state index is 15.3. The number of aromatic amines is 1. The van der Waals surface area contributed by atoms with Crippen LogP contribution in [0.5, 0.6) is 0 Å². The summed E-state index contributed by atoms with van der Waals surface area (Å²) in [5.41, 5.74) is 1.09. The van der Waals surface area contributed by atoms with Crippen molar-refractivity contribution in [3.05, 3.63) is 94.5 Å². The van der Waals surface area contributed by atoms with Gasteiger partial charge >= 0.3 is 5.97 Å². The molecular weight excluding hydrogens is 529 g/mol. The number of benzene rings is 2. The standard InChI is InChI=1S/C30H24FN5O5/c1-35(2)15-24(37)34-23-12-16(17-6-3-4-8-21(17)33-23)14-36-22-13-20(31)18-9-11-41-28(18)26(22)25(27(36)30(39)40)19-7-5-10-32-29(19)38/h3-13H,14-15H2,1-2H3,(H,32,38)(H,39,40)(H,33,34,37). The lowest BCUT2D eigenvalue weighted by Crippen LogP contribution is -2.27. The van der Waals surface area contributed by atoms with Crippen molar-refractivity contribution in [3.8, 4) is 11.1 Å². The van der Waals surface area contributed by atoms with Crippen LogP contribution in [-0.4, -0.2) is 57.1 Å². The number of para-hydroxylation sites is 1. The van der Waals surface area contributed by atoms with E-state index < -0.39 is 17.3 Å². The SMILES string of the molecule is CN(C)CC(=O)Nc1cc(Cn2c(C(=O)O)c(-c3ccc[nH]c3=O)c3c4occc4c(F)cc32)c2ccccc2n1. The van der Waals surface area contributed by atoms with E-state index in [1.54, 1.807) is 43.3 Å². The molecule has 0 saturated carbocycles. The molecule has 41 heavy (non-hydrogen) atoms. The van der Waals surface area contributed by atoms with Gasteiger partial charge in [0.1, 0.15) is 22.9 Å². The number of hydrogen-bond acceptors (Lipinski definition) is 6. The highest BCUT2D eigenvalue weighted by Gasteiger charge is 2.29. The molecule has 0 bridgehead atoms. The Morgan fingerprint density at radius 1 is 1.12 bits per heavy atom. The second kappa shape index (κ2) is 10.0. The number of carbonyl (C=O) groups excluding carboxylic acids is 1. The maximum absolute atomic E-state index is 15.3. The molecule has 0 saturated heterocycles. The summed E-state index contributed by atoms with van der Waals surface area (Å²) in [6.07, 6.45) is 2.77. The first-order valence-corrected chi connectivity index (χ1v) is 12.7. The van der Waals surface area contributed by atoms with E-state index in [4.69, 9.17) is 4.42 Å². The molecule has 10 nitrogen and oxygen atoms in total. The Labute approximate surface area is 231 Å². The number of hydrogen-bond donors (Lipinski definition) is 3. The monoisotopic (exact) mass is 553 g/mol. The van der Waals surface area contributed by atoms with Crippen LogP contribution in [0.4, 0.5) is 10.2 Å². The van der Waals surface area contributed by atoms with Crippen LogP contribution in [0.25, 0.3) is 43.9 Å². The second-order valence-electron chi connectivity index (χ2n) is 9.91. The van der Waals surface area contributed by atoms with Gasteiger partial charge in [-0.2, -0.15) is 0 Å². The van der Waals surface area contributed by atoms with Crippen molar-refractivity contribution in [1.29, 1.82) is 0 Å². The molecule has 11 heteroatoms. The number of amides is 1. The predicted octanol–water partition coefficient (Wildman–Crippen LogP) is 4.68. The summed E-state index contributed by atoms with van der Waals surface area (Å²) in [5, 5.41) is 14.5. The number of halogens is 1. The number of fused-ring (bicyclic) bond motifs is 4. The van der Waals surface area contributed by atoms with Gasteiger partial charge in [0.05, 0.1) is 40.2 Å². The number of pyridine rings is 2. The van der Waals surface area contributed by atoms with Gasteiger partial charge in [0.25, 0.3) is 5.56 Å². The van der Waals surface area contributed by atoms with Crippen LogP contribution in [-0.2, 0) is 11.3 Å². The minimum absolute atomic E-state index is 0.0336. The van der Waals surface area contributed by atoms with Crippen molar-refractivity contribution >= 4 is 50.5 Å². The molecule has 4 aromatic heterocycles. The van der Waals surface area contributed by atoms with E-state index in [-0.39, 0.29) is 52.3 Å². The first kappa shape index (κ1) is 26.0. The van der Waals surface area contributed by atoms with Gasteiger partial charge in [-0.05, 0) is 56.1 Å². The average molecular weight is 554 g/mol. The van der Waals surface area contributed by atoms with Gasteiger partial charge in [0, 0.05) is 23.7 Å². The van der Waals surface area contributed by atoms with E-state index in [0.717, 1.165) is 5.39 Å². The molecule has 0 atom stereocenters. The summed E-state index contributed by atoms with van der Waals surface area (Å²) < 4.78 is 22.4. The van der Waals surface area contributed by atoms with Gasteiger partial charge in [-0.25, -0.2) is 14.2 Å². The number of carboxylic acids is 1. The fraction of sp³-hybridized carbons (Fsp3) is 0.133. The molecule has 0 aliphatic carbocycles. The Kier molecular flexibility index (Phi) is 6.35. The predicted molar refractivity (Wildman–Crippen MR) is 153 cm³/mol. The van der Waals surface area contributed by atoms with E-state index in [0.29, 0.717) is 22.3 Å². The third kappa shape index (κ3) is 4.51. The molecule has 1 amide bonds. The van der Waals surface area contributed by atoms with Crippen LogP contribution in [0.2, 0.25) is 0 Å². The summed E-state index contributed by atoms with van der Waals surface area (Å²) in [6, 6.07) is 14.7. The fourth-order valence-electron chi connectivity index (χ4n) is 5.26. The molecule has 6 rings (SSSR count). The van der Waals surface area contributed by atoms with Gasteiger partial charge in [-0.15, -0.1) is 0 Å². The number of nitrogens with one attached hydrogen (secondary N) is 2. The number of carbonyl (C=O) groups is 2. The van der Waals surface area contributed by atoms with Gasteiger partial charge < -0.3 is 29.3 Å². The molecule has 206 valence electrons. The van der Waals surface area contributed by atoms with Crippen LogP contribution in [0.1, 0.15) is 16.1 Å². The maximum Gasteiger partial charge on any atom is 0.353 e. The van der Waals surface area contributed by atoms with Crippen molar-refractivity contribution in [2.45, 2.75) is 6.54 Å². The van der Waals surface area contributed by atoms with Crippen LogP contribution in [0.15, 0.2) is 76.3 Å². The number of H-pyrrole nitrogens is 1. The summed E-state index contributed by atoms with van der Waals surface area (Å²) >= 11 is 0. The fourth-order valence-corrected chi connectivity index (χ4v) is 5.26. The minimum atomic E-state index is -1.31. The summed E-state index contributed by atoms with van der Waals surface area (Å²) in [7, 11) is 3.54. The molecule has 0 radical (unpaired) electrons. The number of aromatic nitrogens is 3. The number of furan rings is 1. The van der Waals surface area contributed by atoms with Crippen molar-refractivity contribution in [1.82, 2.24) is 19.4 Å². The van der Waals surface area contributed by atoms with Crippen LogP contribution in [0, 0.1) is 5.82 Å². The first-order chi connectivity index (χ1) is 19.7. The lowest BCUT2D eigenvalue weighted by atomic mass is 10.0. The number of likely N-dealkylation sites (N-methyl/N-ethyl adjacent to an activating group) is 1. The van der Waals surface area contributed by atoms with Crippen molar-refractivity contribution in [2.75, 3.05) is 26.0 Å². The van der Waals surface area contributed by atoms with E-state index in [9.17, 15) is 19.5 Å². The van der Waals surface area contributed by atoms with Crippen LogP contribution in [0.3, 0.4) is 0 Å². The number of aromatic carboxylic acids is 1. The quantitative estimate of drug-likeness (QED) is 0.261. The third-order valence-corrected chi connectivity index (χ3v) is 6.86. The Balaban J connectivity index is 1.64. The van der Waals surface area contributed by atoms with E-state index in [1.807, 2.05) is 12.1 Å². The zero-order valence-corrected chi connectivity index (χ0v) is 22.1. The summed E-state index contributed by atoms with van der Waals surface area (Å²) in [4.78, 5) is 47.2. The Hall–Kier alpha value is -5.29. The molecule has 0 aliphatic rings. The van der Waals surface area contributed by atoms with E-state index in [2.05, 4.69) is 15.3 Å². The number of rotatable bonds is 7. The van der Waals surface area contributed by atoms with Crippen molar-refractivity contribution in [3.63, 3.8) is 0 Å². The molecule has 0 spiro atoms. The molecule has 6 aromatic rings. The highest BCUT2D eigenvalue weighted by Crippen LogP contribution is 2.40. The third-order valence-electron chi connectivity index (χ3n) is 6.86. The molecule has 0 fully saturated rings. The molecule has 3 N–H and O–H groups in total. The van der Waals surface area contributed by atoms with Gasteiger partial charge in [0.15, 0.2) is 0 Å². The Morgan fingerprint density at radius 3 is 2.68 bits per heavy atom. The molecule has 4 heterocycles. The topological polar surface area (TPSA) is 133 Å². The zero-order valence-electron chi connectivity index (χ0n) is 22.1. The normalized spacial score (nSPS) is 11.6. The van der Waals surface area contributed by atoms with Gasteiger partial charge in [-0.1, -0.05) is 18.2 Å². The number of nitrogens with zero attached hydrogens (tertiary/aromatic N) is 3. The largest absolute Gasteiger partial charge is 0.477 e. The van der Waals surface area contributed by atoms with Gasteiger partial charge in [-0.3, -0.25) is 9.59 Å². The average Bonchev–Trinajstić information content (AvgIpc) is 3.52. The zero-order chi connectivity index (χ0) is 28.8. The molecular formula is C30H24FN5O5. The highest BCUT2D eigenvalue weighted by molar-refractivity contribution is 6.17. The first-order valence-electron chi connectivity index (χ1n) is 12.7. The second-order valence-corrected chi connectivity index (χ2v) is 9.91. The van der Waals surface area contributed by atoms with Crippen molar-refractivity contribution < 1.29 is 23.5 Å². The molecule has 0 aliphatic heterocycles. The summed E-state index contributed by atoms with van der Waals surface area (Å²) in [5.74, 6) is -1.88. The summed E-state index contributed by atoms with van der Waals surface area (Å²) in [6.45, 7) is 0.108.